The van der Waals surface area contributed by atoms with Gasteiger partial charge in [-0.15, -0.1) is 0 Å². The number of hydrogen-bond donors (Lipinski definition) is 2. The summed E-state index contributed by atoms with van der Waals surface area (Å²) in [6.45, 7) is 3.85. The number of carbonyl (C=O) groups excluding carboxylic acids is 3. The summed E-state index contributed by atoms with van der Waals surface area (Å²) >= 11 is 1.16. The number of amides is 3. The van der Waals surface area contributed by atoms with E-state index in [0.29, 0.717) is 16.5 Å². The van der Waals surface area contributed by atoms with Crippen LogP contribution in [-0.4, -0.2) is 35.1 Å². The third kappa shape index (κ3) is 5.48. The lowest BCUT2D eigenvalue weighted by atomic mass is 10.1. The SMILES string of the molecule is COc1ccccc1NC(=O)CC1=NC(=O)C(CC(=O)Nc2cc(C)ccc2C)S1. The fourth-order valence-electron chi connectivity index (χ4n) is 2.97. The Balaban J connectivity index is 1.54. The van der Waals surface area contributed by atoms with E-state index in [1.165, 1.54) is 7.11 Å². The fourth-order valence-corrected chi connectivity index (χ4v) is 4.04. The Kier molecular flexibility index (Phi) is 6.89. The number of para-hydroxylation sites is 2. The van der Waals surface area contributed by atoms with Gasteiger partial charge in [0.15, 0.2) is 0 Å². The van der Waals surface area contributed by atoms with Crippen LogP contribution >= 0.6 is 11.8 Å². The zero-order valence-corrected chi connectivity index (χ0v) is 17.8. The number of methoxy groups -OCH3 is 1. The van der Waals surface area contributed by atoms with Gasteiger partial charge in [-0.25, -0.2) is 4.99 Å². The van der Waals surface area contributed by atoms with Crippen LogP contribution in [0.4, 0.5) is 11.4 Å². The average Bonchev–Trinajstić information content (AvgIpc) is 3.03. The van der Waals surface area contributed by atoms with E-state index >= 15 is 0 Å². The Morgan fingerprint density at radius 1 is 1.07 bits per heavy atom. The molecule has 0 aliphatic carbocycles. The summed E-state index contributed by atoms with van der Waals surface area (Å²) in [4.78, 5) is 40.9. The molecule has 0 spiro atoms. The summed E-state index contributed by atoms with van der Waals surface area (Å²) in [5, 5.41) is 5.38. The van der Waals surface area contributed by atoms with E-state index in [-0.39, 0.29) is 24.7 Å². The third-order valence-electron chi connectivity index (χ3n) is 4.52. The number of hydrogen-bond acceptors (Lipinski definition) is 5. The van der Waals surface area contributed by atoms with Gasteiger partial charge in [0.05, 0.1) is 24.3 Å². The summed E-state index contributed by atoms with van der Waals surface area (Å²) in [6, 6.07) is 12.9. The van der Waals surface area contributed by atoms with Gasteiger partial charge in [-0.3, -0.25) is 14.4 Å². The minimum absolute atomic E-state index is 0.00198. The average molecular weight is 426 g/mol. The summed E-state index contributed by atoms with van der Waals surface area (Å²) in [5.74, 6) is -0.413. The number of aryl methyl sites for hydroxylation is 2. The molecule has 156 valence electrons. The quantitative estimate of drug-likeness (QED) is 0.705. The van der Waals surface area contributed by atoms with Crippen molar-refractivity contribution in [1.29, 1.82) is 0 Å². The zero-order valence-electron chi connectivity index (χ0n) is 17.0. The molecule has 1 unspecified atom stereocenters. The van der Waals surface area contributed by atoms with Crippen LogP contribution in [0.3, 0.4) is 0 Å². The molecule has 8 heteroatoms. The van der Waals surface area contributed by atoms with Crippen molar-refractivity contribution in [3.8, 4) is 5.75 Å². The molecule has 1 heterocycles. The zero-order chi connectivity index (χ0) is 21.7. The van der Waals surface area contributed by atoms with Crippen LogP contribution in [0.5, 0.6) is 5.75 Å². The van der Waals surface area contributed by atoms with Gasteiger partial charge in [-0.1, -0.05) is 36.0 Å². The lowest BCUT2D eigenvalue weighted by molar-refractivity contribution is -0.121. The molecule has 3 amide bonds. The van der Waals surface area contributed by atoms with Gasteiger partial charge in [-0.2, -0.15) is 0 Å². The topological polar surface area (TPSA) is 96.9 Å². The number of nitrogens with zero attached hydrogens (tertiary/aromatic N) is 1. The van der Waals surface area contributed by atoms with Crippen molar-refractivity contribution in [2.24, 2.45) is 4.99 Å². The van der Waals surface area contributed by atoms with Crippen molar-refractivity contribution in [3.05, 3.63) is 53.6 Å². The van der Waals surface area contributed by atoms with Gasteiger partial charge in [0.25, 0.3) is 5.91 Å². The monoisotopic (exact) mass is 425 g/mol. The van der Waals surface area contributed by atoms with Crippen molar-refractivity contribution in [1.82, 2.24) is 0 Å². The molecule has 1 aliphatic rings. The van der Waals surface area contributed by atoms with Gasteiger partial charge in [0, 0.05) is 12.1 Å². The van der Waals surface area contributed by atoms with Gasteiger partial charge < -0.3 is 15.4 Å². The van der Waals surface area contributed by atoms with Crippen LogP contribution < -0.4 is 15.4 Å². The predicted molar refractivity (Wildman–Crippen MR) is 119 cm³/mol. The highest BCUT2D eigenvalue weighted by atomic mass is 32.2. The number of nitrogens with one attached hydrogen (secondary N) is 2. The largest absolute Gasteiger partial charge is 0.495 e. The number of benzene rings is 2. The van der Waals surface area contributed by atoms with Crippen molar-refractivity contribution in [2.75, 3.05) is 17.7 Å². The first-order valence-corrected chi connectivity index (χ1v) is 10.3. The third-order valence-corrected chi connectivity index (χ3v) is 5.68. The molecule has 1 atom stereocenters. The number of aliphatic imine (C=N–C) groups is 1. The van der Waals surface area contributed by atoms with E-state index in [1.807, 2.05) is 32.0 Å². The number of thioether (sulfide) groups is 1. The van der Waals surface area contributed by atoms with Crippen molar-refractivity contribution >= 4 is 45.9 Å². The lowest BCUT2D eigenvalue weighted by Crippen LogP contribution is -2.22. The molecule has 3 rings (SSSR count). The molecule has 7 nitrogen and oxygen atoms in total. The molecule has 0 aromatic heterocycles. The fraction of sp³-hybridized carbons (Fsp3) is 0.273. The second-order valence-corrected chi connectivity index (χ2v) is 8.22. The molecular formula is C22H23N3O4S. The van der Waals surface area contributed by atoms with Crippen LogP contribution in [-0.2, 0) is 14.4 Å². The summed E-state index contributed by atoms with van der Waals surface area (Å²) < 4.78 is 5.21. The molecule has 2 N–H and O–H groups in total. The highest BCUT2D eigenvalue weighted by Gasteiger charge is 2.31. The van der Waals surface area contributed by atoms with Crippen LogP contribution in [0.25, 0.3) is 0 Å². The lowest BCUT2D eigenvalue weighted by Gasteiger charge is -2.11. The molecule has 30 heavy (non-hydrogen) atoms. The molecular weight excluding hydrogens is 402 g/mol. The molecule has 2 aromatic rings. The summed E-state index contributed by atoms with van der Waals surface area (Å²) in [7, 11) is 1.52. The number of carbonyl (C=O) groups is 3. The van der Waals surface area contributed by atoms with Gasteiger partial charge in [-0.05, 0) is 43.2 Å². The molecule has 0 fully saturated rings. The smallest absolute Gasteiger partial charge is 0.260 e. The Bertz CT molecular complexity index is 1020. The minimum atomic E-state index is -0.621. The summed E-state index contributed by atoms with van der Waals surface area (Å²) in [6.07, 6.45) is -0.0401. The van der Waals surface area contributed by atoms with E-state index in [2.05, 4.69) is 15.6 Å². The maximum absolute atomic E-state index is 12.4. The first kappa shape index (κ1) is 21.6. The Labute approximate surface area is 179 Å². The molecule has 0 radical (unpaired) electrons. The molecule has 0 saturated heterocycles. The highest BCUT2D eigenvalue weighted by Crippen LogP contribution is 2.29. The number of anilines is 2. The number of ether oxygens (including phenoxy) is 1. The minimum Gasteiger partial charge on any atom is -0.495 e. The Morgan fingerprint density at radius 2 is 1.80 bits per heavy atom. The van der Waals surface area contributed by atoms with Crippen molar-refractivity contribution in [3.63, 3.8) is 0 Å². The van der Waals surface area contributed by atoms with Crippen molar-refractivity contribution < 1.29 is 19.1 Å². The number of rotatable bonds is 7. The second kappa shape index (κ2) is 9.58. The van der Waals surface area contributed by atoms with Crippen LogP contribution in [0, 0.1) is 13.8 Å². The van der Waals surface area contributed by atoms with Crippen LogP contribution in [0.1, 0.15) is 24.0 Å². The van der Waals surface area contributed by atoms with E-state index in [1.54, 1.807) is 24.3 Å². The maximum atomic E-state index is 12.4. The first-order chi connectivity index (χ1) is 14.4. The molecule has 2 aromatic carbocycles. The standard InChI is InChI=1S/C22H23N3O4S/c1-13-8-9-14(2)16(10-13)24-19(26)11-18-22(28)25-21(30-18)12-20(27)23-15-6-4-5-7-17(15)29-3/h4-10,18H,11-12H2,1-3H3,(H,23,27)(H,24,26). The Morgan fingerprint density at radius 3 is 2.57 bits per heavy atom. The van der Waals surface area contributed by atoms with E-state index in [0.717, 1.165) is 28.6 Å². The molecule has 1 aliphatic heterocycles. The van der Waals surface area contributed by atoms with Gasteiger partial charge >= 0.3 is 0 Å². The summed E-state index contributed by atoms with van der Waals surface area (Å²) in [5.41, 5.74) is 3.26. The van der Waals surface area contributed by atoms with Crippen molar-refractivity contribution in [2.45, 2.75) is 31.9 Å². The van der Waals surface area contributed by atoms with E-state index in [9.17, 15) is 14.4 Å². The van der Waals surface area contributed by atoms with Gasteiger partial charge in [0.1, 0.15) is 11.0 Å². The Hall–Kier alpha value is -3.13. The second-order valence-electron chi connectivity index (χ2n) is 6.95. The molecule has 0 saturated carbocycles. The van der Waals surface area contributed by atoms with Crippen LogP contribution in [0.15, 0.2) is 47.5 Å². The molecule has 0 bridgehead atoms. The maximum Gasteiger partial charge on any atom is 0.260 e. The van der Waals surface area contributed by atoms with E-state index in [4.69, 9.17) is 4.74 Å². The van der Waals surface area contributed by atoms with Crippen LogP contribution in [0.2, 0.25) is 0 Å². The van der Waals surface area contributed by atoms with E-state index < -0.39 is 11.2 Å². The highest BCUT2D eigenvalue weighted by molar-refractivity contribution is 8.15. The van der Waals surface area contributed by atoms with Gasteiger partial charge in [0.2, 0.25) is 11.8 Å². The predicted octanol–water partition coefficient (Wildman–Crippen LogP) is 3.71. The normalized spacial score (nSPS) is 15.5. The first-order valence-electron chi connectivity index (χ1n) is 9.43.